The van der Waals surface area contributed by atoms with E-state index in [0.717, 1.165) is 6.20 Å². The van der Waals surface area contributed by atoms with Gasteiger partial charge in [0.1, 0.15) is 11.6 Å². The van der Waals surface area contributed by atoms with Crippen molar-refractivity contribution in [3.05, 3.63) is 23.5 Å². The normalized spacial score (nSPS) is 10.9. The molecule has 0 bridgehead atoms. The third kappa shape index (κ3) is 2.82. The van der Waals surface area contributed by atoms with Gasteiger partial charge in [0.15, 0.2) is 5.75 Å². The molecule has 0 saturated carbocycles. The van der Waals surface area contributed by atoms with Crippen LogP contribution in [0.5, 0.6) is 5.75 Å². The summed E-state index contributed by atoms with van der Waals surface area (Å²) in [5.41, 5.74) is 5.19. The van der Waals surface area contributed by atoms with Crippen molar-refractivity contribution in [3.8, 4) is 11.8 Å². The minimum atomic E-state index is -4.85. The van der Waals surface area contributed by atoms with E-state index < -0.39 is 12.1 Å². The van der Waals surface area contributed by atoms with Crippen LogP contribution in [-0.4, -0.2) is 11.3 Å². The molecule has 1 heterocycles. The molecular formula is C8H6F3N3O. The molecule has 0 aliphatic rings. The fourth-order valence-corrected chi connectivity index (χ4v) is 0.966. The highest BCUT2D eigenvalue weighted by Gasteiger charge is 2.32. The highest BCUT2D eigenvalue weighted by molar-refractivity contribution is 5.46. The molecule has 1 aromatic heterocycles. The van der Waals surface area contributed by atoms with Crippen LogP contribution >= 0.6 is 0 Å². The first-order chi connectivity index (χ1) is 6.98. The average molecular weight is 217 g/mol. The summed E-state index contributed by atoms with van der Waals surface area (Å²) in [6, 6.07) is 1.59. The molecule has 0 amide bonds. The van der Waals surface area contributed by atoms with E-state index in [1.807, 2.05) is 0 Å². The highest BCUT2D eigenvalue weighted by Crippen LogP contribution is 2.26. The summed E-state index contributed by atoms with van der Waals surface area (Å²) in [6.07, 6.45) is -2.80. The Balaban J connectivity index is 3.14. The van der Waals surface area contributed by atoms with Crippen LogP contribution < -0.4 is 10.5 Å². The van der Waals surface area contributed by atoms with Crippen LogP contribution in [0.2, 0.25) is 0 Å². The van der Waals surface area contributed by atoms with Crippen LogP contribution in [0, 0.1) is 11.3 Å². The standard InChI is InChI=1S/C8H6F3N3O/c9-8(10,11)15-7-4-14-3-5(1-12)6(7)2-13/h3-4H,1,12H2. The van der Waals surface area contributed by atoms with Crippen LogP contribution in [0.4, 0.5) is 13.2 Å². The first-order valence-corrected chi connectivity index (χ1v) is 3.80. The molecule has 1 aromatic rings. The Bertz CT molecular complexity index is 397. The van der Waals surface area contributed by atoms with Gasteiger partial charge in [0.2, 0.25) is 0 Å². The summed E-state index contributed by atoms with van der Waals surface area (Å²) in [4.78, 5) is 3.49. The van der Waals surface area contributed by atoms with Crippen LogP contribution in [0.3, 0.4) is 0 Å². The van der Waals surface area contributed by atoms with Crippen LogP contribution in [0.15, 0.2) is 12.4 Å². The molecule has 0 spiro atoms. The van der Waals surface area contributed by atoms with Gasteiger partial charge in [0.05, 0.1) is 6.20 Å². The largest absolute Gasteiger partial charge is 0.573 e. The lowest BCUT2D eigenvalue weighted by atomic mass is 10.1. The summed E-state index contributed by atoms with van der Waals surface area (Å²) in [5.74, 6) is -0.632. The molecule has 7 heteroatoms. The second kappa shape index (κ2) is 4.14. The van der Waals surface area contributed by atoms with Gasteiger partial charge < -0.3 is 10.5 Å². The second-order valence-electron chi connectivity index (χ2n) is 2.54. The third-order valence-corrected chi connectivity index (χ3v) is 1.55. The monoisotopic (exact) mass is 217 g/mol. The van der Waals surface area contributed by atoms with E-state index in [4.69, 9.17) is 11.0 Å². The molecule has 0 radical (unpaired) electrons. The van der Waals surface area contributed by atoms with Gasteiger partial charge >= 0.3 is 6.36 Å². The number of aromatic nitrogens is 1. The van der Waals surface area contributed by atoms with Crippen molar-refractivity contribution in [3.63, 3.8) is 0 Å². The molecule has 15 heavy (non-hydrogen) atoms. The number of ether oxygens (including phenoxy) is 1. The Hall–Kier alpha value is -1.81. The molecule has 1 rings (SSSR count). The maximum atomic E-state index is 11.9. The first-order valence-electron chi connectivity index (χ1n) is 3.80. The second-order valence-corrected chi connectivity index (χ2v) is 2.54. The molecule has 0 saturated heterocycles. The number of hydrogen-bond donors (Lipinski definition) is 1. The smallest absolute Gasteiger partial charge is 0.403 e. The van der Waals surface area contributed by atoms with E-state index in [9.17, 15) is 13.2 Å². The molecule has 0 fully saturated rings. The molecule has 4 nitrogen and oxygen atoms in total. The number of pyridine rings is 1. The zero-order valence-electron chi connectivity index (χ0n) is 7.38. The number of nitrogens with zero attached hydrogens (tertiary/aromatic N) is 2. The van der Waals surface area contributed by atoms with E-state index in [1.54, 1.807) is 6.07 Å². The predicted octanol–water partition coefficient (Wildman–Crippen LogP) is 1.31. The Kier molecular flexibility index (Phi) is 3.11. The van der Waals surface area contributed by atoms with Crippen LogP contribution in [0.25, 0.3) is 0 Å². The van der Waals surface area contributed by atoms with Crippen molar-refractivity contribution in [1.29, 1.82) is 5.26 Å². The number of hydrogen-bond acceptors (Lipinski definition) is 4. The summed E-state index contributed by atoms with van der Waals surface area (Å²) in [7, 11) is 0. The highest BCUT2D eigenvalue weighted by atomic mass is 19.4. The number of nitriles is 1. The number of rotatable bonds is 2. The van der Waals surface area contributed by atoms with Crippen molar-refractivity contribution in [1.82, 2.24) is 4.98 Å². The Morgan fingerprint density at radius 2 is 2.13 bits per heavy atom. The van der Waals surface area contributed by atoms with Gasteiger partial charge in [-0.15, -0.1) is 13.2 Å². The van der Waals surface area contributed by atoms with Gasteiger partial charge in [0, 0.05) is 18.3 Å². The van der Waals surface area contributed by atoms with Gasteiger partial charge in [-0.05, 0) is 0 Å². The first kappa shape index (κ1) is 11.3. The third-order valence-electron chi connectivity index (χ3n) is 1.55. The van der Waals surface area contributed by atoms with Gasteiger partial charge in [0.25, 0.3) is 0 Å². The molecule has 2 N–H and O–H groups in total. The molecular weight excluding hydrogens is 211 g/mol. The lowest BCUT2D eigenvalue weighted by molar-refractivity contribution is -0.274. The number of nitrogens with two attached hydrogens (primary N) is 1. The maximum Gasteiger partial charge on any atom is 0.573 e. The summed E-state index contributed by atoms with van der Waals surface area (Å²) < 4.78 is 39.3. The van der Waals surface area contributed by atoms with Gasteiger partial charge in [-0.2, -0.15) is 5.26 Å². The van der Waals surface area contributed by atoms with Crippen LogP contribution in [0.1, 0.15) is 11.1 Å². The fraction of sp³-hybridized carbons (Fsp3) is 0.250. The van der Waals surface area contributed by atoms with Crippen molar-refractivity contribution >= 4 is 0 Å². The Morgan fingerprint density at radius 1 is 1.47 bits per heavy atom. The van der Waals surface area contributed by atoms with Gasteiger partial charge in [-0.3, -0.25) is 4.98 Å². The van der Waals surface area contributed by atoms with E-state index in [0.29, 0.717) is 0 Å². The lowest BCUT2D eigenvalue weighted by Gasteiger charge is -2.10. The molecule has 0 aromatic carbocycles. The number of halogens is 3. The summed E-state index contributed by atoms with van der Waals surface area (Å²) in [6.45, 7) is -0.0784. The number of alkyl halides is 3. The minimum Gasteiger partial charge on any atom is -0.403 e. The van der Waals surface area contributed by atoms with Crippen molar-refractivity contribution in [2.24, 2.45) is 5.73 Å². The van der Waals surface area contributed by atoms with Crippen LogP contribution in [-0.2, 0) is 6.54 Å². The zero-order chi connectivity index (χ0) is 11.5. The predicted molar refractivity (Wildman–Crippen MR) is 43.5 cm³/mol. The average Bonchev–Trinajstić information content (AvgIpc) is 2.15. The van der Waals surface area contributed by atoms with Gasteiger partial charge in [-0.25, -0.2) is 0 Å². The Labute approximate surface area is 83.1 Å². The van der Waals surface area contributed by atoms with Crippen molar-refractivity contribution in [2.45, 2.75) is 12.9 Å². The molecule has 0 unspecified atom stereocenters. The van der Waals surface area contributed by atoms with Gasteiger partial charge in [-0.1, -0.05) is 0 Å². The summed E-state index contributed by atoms with van der Waals surface area (Å²) in [5, 5.41) is 8.65. The van der Waals surface area contributed by atoms with E-state index in [2.05, 4.69) is 9.72 Å². The van der Waals surface area contributed by atoms with E-state index in [-0.39, 0.29) is 17.7 Å². The molecule has 80 valence electrons. The topological polar surface area (TPSA) is 71.9 Å². The summed E-state index contributed by atoms with van der Waals surface area (Å²) >= 11 is 0. The Morgan fingerprint density at radius 3 is 2.60 bits per heavy atom. The molecule has 0 atom stereocenters. The fourth-order valence-electron chi connectivity index (χ4n) is 0.966. The zero-order valence-corrected chi connectivity index (χ0v) is 7.38. The van der Waals surface area contributed by atoms with E-state index >= 15 is 0 Å². The van der Waals surface area contributed by atoms with Crippen molar-refractivity contribution in [2.75, 3.05) is 0 Å². The SMILES string of the molecule is N#Cc1c(CN)cncc1OC(F)(F)F. The molecule has 0 aliphatic carbocycles. The minimum absolute atomic E-state index is 0.0784. The molecule has 0 aliphatic heterocycles. The van der Waals surface area contributed by atoms with Crippen molar-refractivity contribution < 1.29 is 17.9 Å². The lowest BCUT2D eigenvalue weighted by Crippen LogP contribution is -2.18. The maximum absolute atomic E-state index is 11.9. The van der Waals surface area contributed by atoms with E-state index in [1.165, 1.54) is 6.20 Å². The quantitative estimate of drug-likeness (QED) is 0.810.